The molecule has 5 rings (SSSR count). The fourth-order valence-corrected chi connectivity index (χ4v) is 3.97. The van der Waals surface area contributed by atoms with E-state index < -0.39 is 0 Å². The Kier molecular flexibility index (Phi) is 5.41. The molecule has 170 valence electrons. The molecule has 8 nitrogen and oxygen atoms in total. The maximum Gasteiger partial charge on any atom is 0.259 e. The summed E-state index contributed by atoms with van der Waals surface area (Å²) in [6.07, 6.45) is 3.14. The number of fused-ring (bicyclic) bond motifs is 1. The van der Waals surface area contributed by atoms with Gasteiger partial charge in [0, 0.05) is 12.6 Å². The largest absolute Gasteiger partial charge is 0.335 e. The molecule has 5 aromatic rings. The highest BCUT2D eigenvalue weighted by Gasteiger charge is 2.25. The maximum absolute atomic E-state index is 13.7. The lowest BCUT2D eigenvalue weighted by molar-refractivity contribution is 0.0744. The molecule has 0 radical (unpaired) electrons. The summed E-state index contributed by atoms with van der Waals surface area (Å²) in [6, 6.07) is 17.6. The lowest BCUT2D eigenvalue weighted by Gasteiger charge is -2.26. The third-order valence-corrected chi connectivity index (χ3v) is 6.15. The van der Waals surface area contributed by atoms with Crippen molar-refractivity contribution in [1.29, 1.82) is 0 Å². The van der Waals surface area contributed by atoms with E-state index in [1.807, 2.05) is 75.4 Å². The average molecular weight is 453 g/mol. The van der Waals surface area contributed by atoms with Gasteiger partial charge in [-0.25, -0.2) is 14.6 Å². The smallest absolute Gasteiger partial charge is 0.259 e. The fourth-order valence-electron chi connectivity index (χ4n) is 3.97. The molecule has 0 aliphatic heterocycles. The Morgan fingerprint density at radius 1 is 1.06 bits per heavy atom. The number of carbonyl (C=O) groups is 1. The van der Waals surface area contributed by atoms with Crippen LogP contribution in [0, 0.1) is 13.8 Å². The van der Waals surface area contributed by atoms with E-state index in [9.17, 15) is 4.79 Å². The van der Waals surface area contributed by atoms with Gasteiger partial charge in [-0.05, 0) is 44.5 Å². The number of hydrogen-bond acceptors (Lipinski definition) is 6. The zero-order valence-electron chi connectivity index (χ0n) is 19.4. The number of rotatable bonds is 5. The molecule has 0 N–H and O–H groups in total. The van der Waals surface area contributed by atoms with Crippen molar-refractivity contribution in [1.82, 2.24) is 29.8 Å². The number of carbonyl (C=O) groups excluding carboxylic acids is 1. The van der Waals surface area contributed by atoms with Gasteiger partial charge >= 0.3 is 0 Å². The van der Waals surface area contributed by atoms with Gasteiger partial charge < -0.3 is 9.42 Å². The number of pyridine rings is 1. The number of nitrogens with zero attached hydrogens (tertiary/aromatic N) is 6. The van der Waals surface area contributed by atoms with Crippen LogP contribution in [0.25, 0.3) is 28.0 Å². The molecule has 1 atom stereocenters. The Hall–Kier alpha value is -4.33. The van der Waals surface area contributed by atoms with Gasteiger partial charge in [0.1, 0.15) is 12.7 Å². The Bertz CT molecular complexity index is 1450. The first-order valence-corrected chi connectivity index (χ1v) is 11.0. The molecule has 3 heterocycles. The van der Waals surface area contributed by atoms with Gasteiger partial charge in [-0.1, -0.05) is 47.1 Å². The molecule has 0 spiro atoms. The number of amides is 1. The van der Waals surface area contributed by atoms with E-state index in [0.717, 1.165) is 22.4 Å². The lowest BCUT2D eigenvalue weighted by Crippen LogP contribution is -2.30. The standard InChI is InChI=1S/C26H24N6O2/c1-16-5-7-20(8-6-16)23-13-22(24-17(2)30-34-25(24)29-23)26(33)31(4)18(3)19-9-11-21(12-10-19)32-15-27-14-28-32/h5-15,18H,1-4H3. The van der Waals surface area contributed by atoms with Crippen LogP contribution in [0.1, 0.15) is 40.1 Å². The van der Waals surface area contributed by atoms with Gasteiger partial charge in [0.25, 0.3) is 11.6 Å². The third-order valence-electron chi connectivity index (χ3n) is 6.15. The zero-order valence-corrected chi connectivity index (χ0v) is 19.4. The molecule has 0 fully saturated rings. The number of benzene rings is 2. The van der Waals surface area contributed by atoms with Crippen LogP contribution in [-0.2, 0) is 0 Å². The van der Waals surface area contributed by atoms with E-state index in [1.165, 1.54) is 6.33 Å². The minimum Gasteiger partial charge on any atom is -0.335 e. The van der Waals surface area contributed by atoms with Crippen molar-refractivity contribution in [3.8, 4) is 16.9 Å². The van der Waals surface area contributed by atoms with Crippen LogP contribution in [0.4, 0.5) is 0 Å². The second-order valence-electron chi connectivity index (χ2n) is 8.39. The van der Waals surface area contributed by atoms with Gasteiger partial charge in [0.2, 0.25) is 0 Å². The molecule has 34 heavy (non-hydrogen) atoms. The first kappa shape index (κ1) is 21.5. The summed E-state index contributed by atoms with van der Waals surface area (Å²) < 4.78 is 7.15. The van der Waals surface area contributed by atoms with Crippen LogP contribution >= 0.6 is 0 Å². The Labute approximate surface area is 196 Å². The van der Waals surface area contributed by atoms with Crippen LogP contribution in [-0.4, -0.2) is 42.8 Å². The molecule has 1 unspecified atom stereocenters. The van der Waals surface area contributed by atoms with Crippen LogP contribution < -0.4 is 0 Å². The van der Waals surface area contributed by atoms with Crippen molar-refractivity contribution in [2.75, 3.05) is 7.05 Å². The van der Waals surface area contributed by atoms with Crippen molar-refractivity contribution >= 4 is 17.0 Å². The van der Waals surface area contributed by atoms with E-state index in [0.29, 0.717) is 28.1 Å². The summed E-state index contributed by atoms with van der Waals surface area (Å²) in [5.74, 6) is -0.125. The lowest BCUT2D eigenvalue weighted by atomic mass is 10.0. The molecule has 0 aliphatic rings. The minimum atomic E-state index is -0.163. The minimum absolute atomic E-state index is 0.125. The quantitative estimate of drug-likeness (QED) is 0.376. The molecule has 0 bridgehead atoms. The van der Waals surface area contributed by atoms with Gasteiger partial charge in [0.05, 0.1) is 34.1 Å². The highest BCUT2D eigenvalue weighted by atomic mass is 16.5. The fraction of sp³-hybridized carbons (Fsp3) is 0.192. The van der Waals surface area contributed by atoms with Crippen LogP contribution in [0.2, 0.25) is 0 Å². The Balaban J connectivity index is 1.49. The summed E-state index contributed by atoms with van der Waals surface area (Å²) in [5, 5.41) is 8.86. The topological polar surface area (TPSA) is 89.9 Å². The summed E-state index contributed by atoms with van der Waals surface area (Å²) >= 11 is 0. The predicted octanol–water partition coefficient (Wildman–Crippen LogP) is 4.92. The SMILES string of the molecule is Cc1ccc(-c2cc(C(=O)N(C)C(C)c3ccc(-n4cncn4)cc3)c3c(C)noc3n2)cc1. The highest BCUT2D eigenvalue weighted by Crippen LogP contribution is 2.30. The molecule has 0 saturated carbocycles. The number of hydrogen-bond donors (Lipinski definition) is 0. The second-order valence-corrected chi connectivity index (χ2v) is 8.39. The maximum atomic E-state index is 13.7. The van der Waals surface area contributed by atoms with E-state index in [1.54, 1.807) is 23.0 Å². The van der Waals surface area contributed by atoms with E-state index in [4.69, 9.17) is 4.52 Å². The van der Waals surface area contributed by atoms with Gasteiger partial charge in [-0.2, -0.15) is 5.10 Å². The monoisotopic (exact) mass is 452 g/mol. The van der Waals surface area contributed by atoms with Crippen molar-refractivity contribution in [2.24, 2.45) is 0 Å². The van der Waals surface area contributed by atoms with Crippen molar-refractivity contribution in [3.63, 3.8) is 0 Å². The van der Waals surface area contributed by atoms with E-state index >= 15 is 0 Å². The van der Waals surface area contributed by atoms with Crippen molar-refractivity contribution in [3.05, 3.63) is 89.6 Å². The average Bonchev–Trinajstić information content (AvgIpc) is 3.53. The predicted molar refractivity (Wildman–Crippen MR) is 129 cm³/mol. The third kappa shape index (κ3) is 3.83. The first-order valence-electron chi connectivity index (χ1n) is 11.0. The van der Waals surface area contributed by atoms with Crippen LogP contribution in [0.3, 0.4) is 0 Å². The van der Waals surface area contributed by atoms with Gasteiger partial charge in [-0.3, -0.25) is 4.79 Å². The van der Waals surface area contributed by atoms with Gasteiger partial charge in [0.15, 0.2) is 0 Å². The molecule has 1 amide bonds. The van der Waals surface area contributed by atoms with Crippen LogP contribution in [0.5, 0.6) is 0 Å². The first-order chi connectivity index (χ1) is 16.4. The summed E-state index contributed by atoms with van der Waals surface area (Å²) in [4.78, 5) is 24.1. The Morgan fingerprint density at radius 3 is 2.47 bits per heavy atom. The number of aryl methyl sites for hydroxylation is 2. The summed E-state index contributed by atoms with van der Waals surface area (Å²) in [6.45, 7) is 5.86. The van der Waals surface area contributed by atoms with Gasteiger partial charge in [-0.15, -0.1) is 0 Å². The normalized spacial score (nSPS) is 12.1. The Morgan fingerprint density at radius 2 is 1.79 bits per heavy atom. The highest BCUT2D eigenvalue weighted by molar-refractivity contribution is 6.07. The molecular formula is C26H24N6O2. The number of aromatic nitrogens is 5. The molecular weight excluding hydrogens is 428 g/mol. The zero-order chi connectivity index (χ0) is 23.8. The molecule has 0 saturated heterocycles. The molecule has 3 aromatic heterocycles. The molecule has 0 aliphatic carbocycles. The van der Waals surface area contributed by atoms with Crippen molar-refractivity contribution in [2.45, 2.75) is 26.8 Å². The van der Waals surface area contributed by atoms with Crippen LogP contribution in [0.15, 0.2) is 71.8 Å². The van der Waals surface area contributed by atoms with E-state index in [2.05, 4.69) is 20.2 Å². The summed E-state index contributed by atoms with van der Waals surface area (Å²) in [5.41, 5.74) is 6.16. The van der Waals surface area contributed by atoms with E-state index in [-0.39, 0.29) is 11.9 Å². The summed E-state index contributed by atoms with van der Waals surface area (Å²) in [7, 11) is 1.80. The van der Waals surface area contributed by atoms with Crippen molar-refractivity contribution < 1.29 is 9.32 Å². The molecule has 8 heteroatoms. The molecule has 2 aromatic carbocycles. The second kappa shape index (κ2) is 8.55.